The largest absolute Gasteiger partial charge is 0.479 e. The lowest BCUT2D eigenvalue weighted by molar-refractivity contribution is -0.153. The van der Waals surface area contributed by atoms with Gasteiger partial charge in [-0.15, -0.1) is 0 Å². The van der Waals surface area contributed by atoms with Crippen LogP contribution in [0.25, 0.3) is 0 Å². The summed E-state index contributed by atoms with van der Waals surface area (Å²) in [6, 6.07) is 8.54. The lowest BCUT2D eigenvalue weighted by Gasteiger charge is -2.30. The van der Waals surface area contributed by atoms with Crippen LogP contribution in [0.3, 0.4) is 0 Å². The number of hydrogen-bond donors (Lipinski definition) is 1. The normalized spacial score (nSPS) is 25.9. The maximum atomic E-state index is 13.2. The number of ketones is 1. The van der Waals surface area contributed by atoms with Crippen molar-refractivity contribution in [1.29, 1.82) is 0 Å². The molecule has 30 heavy (non-hydrogen) atoms. The molecule has 1 N–H and O–H groups in total. The Bertz CT molecular complexity index is 848. The van der Waals surface area contributed by atoms with E-state index in [0.717, 1.165) is 10.5 Å². The summed E-state index contributed by atoms with van der Waals surface area (Å²) >= 11 is 0. The van der Waals surface area contributed by atoms with E-state index in [1.54, 1.807) is 13.0 Å². The van der Waals surface area contributed by atoms with E-state index in [9.17, 15) is 14.4 Å². The number of unbranched alkanes of at least 4 members (excludes halogenated alkanes) is 1. The van der Waals surface area contributed by atoms with Crippen LogP contribution in [0.1, 0.15) is 31.4 Å². The van der Waals surface area contributed by atoms with Crippen LogP contribution in [0.2, 0.25) is 0 Å². The van der Waals surface area contributed by atoms with Crippen molar-refractivity contribution in [2.45, 2.75) is 44.1 Å². The number of aliphatic hydroxyl groups is 1. The predicted octanol–water partition coefficient (Wildman–Crippen LogP) is 2.29. The number of benzene rings is 1. The molecule has 0 aromatic heterocycles. The number of carbonyl (C=O) groups is 3. The molecule has 8 heteroatoms. The predicted molar refractivity (Wildman–Crippen MR) is 106 cm³/mol. The lowest BCUT2D eigenvalue weighted by Crippen LogP contribution is -2.52. The highest BCUT2D eigenvalue weighted by Gasteiger charge is 2.48. The molecule has 2 aliphatic rings. The summed E-state index contributed by atoms with van der Waals surface area (Å²) < 4.78 is 16.4. The molecule has 0 unspecified atom stereocenters. The molecule has 1 aromatic rings. The summed E-state index contributed by atoms with van der Waals surface area (Å²) in [6.07, 6.45) is 1.71. The summed E-state index contributed by atoms with van der Waals surface area (Å²) in [5.41, 5.74) is 0.768. The van der Waals surface area contributed by atoms with Gasteiger partial charge in [-0.3, -0.25) is 9.59 Å². The zero-order chi connectivity index (χ0) is 21.7. The molecule has 160 valence electrons. The Labute approximate surface area is 174 Å². The second-order valence-electron chi connectivity index (χ2n) is 7.07. The van der Waals surface area contributed by atoms with Crippen molar-refractivity contribution in [1.82, 2.24) is 4.90 Å². The monoisotopic (exact) mass is 415 g/mol. The third kappa shape index (κ3) is 4.44. The molecule has 8 nitrogen and oxygen atoms in total. The van der Waals surface area contributed by atoms with Crippen molar-refractivity contribution in [3.63, 3.8) is 0 Å². The van der Waals surface area contributed by atoms with E-state index >= 15 is 0 Å². The van der Waals surface area contributed by atoms with Gasteiger partial charge in [0.25, 0.3) is 5.91 Å². The van der Waals surface area contributed by atoms with Crippen LogP contribution in [0.15, 0.2) is 54.3 Å². The van der Waals surface area contributed by atoms with Crippen LogP contribution in [0, 0.1) is 0 Å². The molecule has 0 aliphatic carbocycles. The molecule has 2 heterocycles. The van der Waals surface area contributed by atoms with E-state index < -0.39 is 42.1 Å². The van der Waals surface area contributed by atoms with Gasteiger partial charge in [-0.05, 0) is 43.6 Å². The SMILES string of the molecule is CO[C@H](C(=O)N1C(=O)O[C@H](c2ccccc2)[C@@H]1C)[C@@H]1OC(=CCCCO)C=CC1=O. The van der Waals surface area contributed by atoms with Gasteiger partial charge in [0.15, 0.2) is 18.0 Å². The molecule has 2 aliphatic heterocycles. The number of imide groups is 1. The molecule has 3 rings (SSSR count). The first kappa shape index (κ1) is 21.7. The first-order valence-corrected chi connectivity index (χ1v) is 9.79. The molecular formula is C22H25NO7. The van der Waals surface area contributed by atoms with Gasteiger partial charge in [0.05, 0.1) is 6.04 Å². The van der Waals surface area contributed by atoms with E-state index in [4.69, 9.17) is 19.3 Å². The molecule has 0 spiro atoms. The van der Waals surface area contributed by atoms with Gasteiger partial charge in [-0.2, -0.15) is 0 Å². The summed E-state index contributed by atoms with van der Waals surface area (Å²) in [5, 5.41) is 8.91. The van der Waals surface area contributed by atoms with Crippen LogP contribution in [0.5, 0.6) is 0 Å². The van der Waals surface area contributed by atoms with Crippen molar-refractivity contribution in [3.05, 3.63) is 59.9 Å². The van der Waals surface area contributed by atoms with Crippen molar-refractivity contribution in [3.8, 4) is 0 Å². The number of allylic oxidation sites excluding steroid dienone is 2. The fourth-order valence-corrected chi connectivity index (χ4v) is 3.50. The number of amides is 2. The minimum absolute atomic E-state index is 0.0343. The van der Waals surface area contributed by atoms with Gasteiger partial charge < -0.3 is 19.3 Å². The van der Waals surface area contributed by atoms with Gasteiger partial charge in [0.2, 0.25) is 0 Å². The third-order valence-electron chi connectivity index (χ3n) is 5.07. The van der Waals surface area contributed by atoms with Gasteiger partial charge in [0, 0.05) is 13.7 Å². The van der Waals surface area contributed by atoms with E-state index in [2.05, 4.69) is 0 Å². The van der Waals surface area contributed by atoms with Crippen LogP contribution in [0.4, 0.5) is 4.79 Å². The minimum Gasteiger partial charge on any atom is -0.479 e. The number of hydrogen-bond acceptors (Lipinski definition) is 7. The number of methoxy groups -OCH3 is 1. The van der Waals surface area contributed by atoms with E-state index in [-0.39, 0.29) is 6.61 Å². The first-order valence-electron chi connectivity index (χ1n) is 9.79. The van der Waals surface area contributed by atoms with E-state index in [0.29, 0.717) is 18.6 Å². The Morgan fingerprint density at radius 1 is 1.23 bits per heavy atom. The number of aliphatic hydroxyl groups excluding tert-OH is 1. The highest BCUT2D eigenvalue weighted by atomic mass is 16.6. The van der Waals surface area contributed by atoms with E-state index in [1.807, 2.05) is 30.3 Å². The van der Waals surface area contributed by atoms with Crippen LogP contribution in [-0.4, -0.2) is 59.8 Å². The van der Waals surface area contributed by atoms with Crippen LogP contribution < -0.4 is 0 Å². The van der Waals surface area contributed by atoms with Crippen molar-refractivity contribution < 1.29 is 33.7 Å². The third-order valence-corrected chi connectivity index (χ3v) is 5.07. The molecule has 0 bridgehead atoms. The number of rotatable bonds is 7. The molecule has 4 atom stereocenters. The smallest absolute Gasteiger partial charge is 0.417 e. The minimum atomic E-state index is -1.31. The molecule has 0 radical (unpaired) electrons. The van der Waals surface area contributed by atoms with Gasteiger partial charge >= 0.3 is 6.09 Å². The van der Waals surface area contributed by atoms with Gasteiger partial charge in [-0.1, -0.05) is 30.3 Å². The quantitative estimate of drug-likeness (QED) is 0.682. The fourth-order valence-electron chi connectivity index (χ4n) is 3.50. The van der Waals surface area contributed by atoms with Crippen molar-refractivity contribution >= 4 is 17.8 Å². The number of carbonyl (C=O) groups excluding carboxylic acids is 3. The summed E-state index contributed by atoms with van der Waals surface area (Å²) in [4.78, 5) is 39.0. The van der Waals surface area contributed by atoms with Crippen LogP contribution >= 0.6 is 0 Å². The molecule has 1 fully saturated rings. The molecule has 2 amide bonds. The van der Waals surface area contributed by atoms with E-state index in [1.165, 1.54) is 19.3 Å². The average molecular weight is 415 g/mol. The first-order chi connectivity index (χ1) is 14.5. The molecule has 1 saturated heterocycles. The van der Waals surface area contributed by atoms with Crippen molar-refractivity contribution in [2.24, 2.45) is 0 Å². The summed E-state index contributed by atoms with van der Waals surface area (Å²) in [6.45, 7) is 1.74. The Hall–Kier alpha value is -2.97. The zero-order valence-electron chi connectivity index (χ0n) is 16.9. The topological polar surface area (TPSA) is 102 Å². The fraction of sp³-hybridized carbons (Fsp3) is 0.409. The number of nitrogens with zero attached hydrogens (tertiary/aromatic N) is 1. The molecular weight excluding hydrogens is 390 g/mol. The second-order valence-corrected chi connectivity index (χ2v) is 7.07. The number of ether oxygens (including phenoxy) is 3. The Morgan fingerprint density at radius 2 is 1.97 bits per heavy atom. The maximum Gasteiger partial charge on any atom is 0.417 e. The molecule has 0 saturated carbocycles. The highest BCUT2D eigenvalue weighted by Crippen LogP contribution is 2.33. The lowest BCUT2D eigenvalue weighted by atomic mass is 10.0. The Balaban J connectivity index is 1.78. The molecule has 1 aromatic carbocycles. The average Bonchev–Trinajstić information content (AvgIpc) is 3.05. The van der Waals surface area contributed by atoms with Gasteiger partial charge in [-0.25, -0.2) is 9.69 Å². The summed E-state index contributed by atoms with van der Waals surface area (Å²) in [5.74, 6) is -0.728. The van der Waals surface area contributed by atoms with Crippen molar-refractivity contribution in [2.75, 3.05) is 13.7 Å². The zero-order valence-corrected chi connectivity index (χ0v) is 16.9. The maximum absolute atomic E-state index is 13.2. The second kappa shape index (κ2) is 9.69. The summed E-state index contributed by atoms with van der Waals surface area (Å²) in [7, 11) is 1.29. The highest BCUT2D eigenvalue weighted by molar-refractivity contribution is 6.03. The van der Waals surface area contributed by atoms with Crippen LogP contribution in [-0.2, 0) is 23.8 Å². The Morgan fingerprint density at radius 3 is 2.63 bits per heavy atom. The van der Waals surface area contributed by atoms with Gasteiger partial charge in [0.1, 0.15) is 11.9 Å². The Kier molecular flexibility index (Phi) is 7.02. The number of cyclic esters (lactones) is 1. The standard InChI is InChI=1S/C22H25NO7/c1-14-18(15-8-4-3-5-9-15)30-22(27)23(14)21(26)20(28-2)19-17(25)12-11-16(29-19)10-6-7-13-24/h3-5,8-12,14,18-20,24H,6-7,13H2,1-2H3/t14-,18-,19+,20-/m0/s1.